The first-order chi connectivity index (χ1) is 4.54. The second kappa shape index (κ2) is 4.35. The summed E-state index contributed by atoms with van der Waals surface area (Å²) in [7, 11) is 1.75. The molecule has 0 aliphatic carbocycles. The molecule has 0 radical (unpaired) electrons. The number of hydrogen-bond acceptors (Lipinski definition) is 1. The van der Waals surface area contributed by atoms with Gasteiger partial charge in [-0.25, -0.2) is 0 Å². The highest BCUT2D eigenvalue weighted by molar-refractivity contribution is 9.09. The Labute approximate surface area is 72.3 Å². The normalized spacial score (nSPS) is 15.3. The summed E-state index contributed by atoms with van der Waals surface area (Å²) in [6, 6.07) is 0. The van der Waals surface area contributed by atoms with E-state index >= 15 is 0 Å². The van der Waals surface area contributed by atoms with Gasteiger partial charge in [0.1, 0.15) is 0 Å². The third-order valence-electron chi connectivity index (χ3n) is 2.10. The minimum Gasteiger partial charge on any atom is -0.384 e. The minimum atomic E-state index is 0.343. The molecule has 0 saturated heterocycles. The molecular weight excluding hydrogens is 192 g/mol. The molecule has 0 N–H and O–H groups in total. The molecule has 2 heteroatoms. The Morgan fingerprint density at radius 1 is 1.50 bits per heavy atom. The standard InChI is InChI=1S/C8H17BrO/c1-7(5-10-4)8(2,3)6-9/h7H,5-6H2,1-4H3. The number of hydrogen-bond donors (Lipinski definition) is 0. The zero-order chi connectivity index (χ0) is 8.20. The highest BCUT2D eigenvalue weighted by Crippen LogP contribution is 2.28. The largest absolute Gasteiger partial charge is 0.384 e. The van der Waals surface area contributed by atoms with Crippen molar-refractivity contribution >= 4 is 15.9 Å². The van der Waals surface area contributed by atoms with Gasteiger partial charge in [0.2, 0.25) is 0 Å². The molecule has 0 aromatic carbocycles. The quantitative estimate of drug-likeness (QED) is 0.647. The fourth-order valence-corrected chi connectivity index (χ4v) is 1.16. The first-order valence-corrected chi connectivity index (χ1v) is 4.71. The average Bonchev–Trinajstić information content (AvgIpc) is 1.89. The Hall–Kier alpha value is 0.440. The Morgan fingerprint density at radius 2 is 2.00 bits per heavy atom. The van der Waals surface area contributed by atoms with Crippen molar-refractivity contribution in [1.82, 2.24) is 0 Å². The van der Waals surface area contributed by atoms with Crippen LogP contribution in [0, 0.1) is 11.3 Å². The van der Waals surface area contributed by atoms with E-state index in [4.69, 9.17) is 4.74 Å². The number of alkyl halides is 1. The zero-order valence-electron chi connectivity index (χ0n) is 7.28. The predicted molar refractivity (Wildman–Crippen MR) is 48.6 cm³/mol. The number of ether oxygens (including phenoxy) is 1. The van der Waals surface area contributed by atoms with Crippen molar-refractivity contribution < 1.29 is 4.74 Å². The molecule has 0 aromatic heterocycles. The second-order valence-electron chi connectivity index (χ2n) is 3.48. The second-order valence-corrected chi connectivity index (χ2v) is 4.04. The lowest BCUT2D eigenvalue weighted by Gasteiger charge is -2.28. The highest BCUT2D eigenvalue weighted by Gasteiger charge is 2.23. The van der Waals surface area contributed by atoms with Crippen LogP contribution in [0.3, 0.4) is 0 Å². The fourth-order valence-electron chi connectivity index (χ4n) is 0.607. The van der Waals surface area contributed by atoms with Gasteiger partial charge >= 0.3 is 0 Å². The molecule has 0 spiro atoms. The Kier molecular flexibility index (Phi) is 4.54. The maximum atomic E-state index is 5.07. The minimum absolute atomic E-state index is 0.343. The van der Waals surface area contributed by atoms with Crippen molar-refractivity contribution in [3.8, 4) is 0 Å². The number of methoxy groups -OCH3 is 1. The third-order valence-corrected chi connectivity index (χ3v) is 3.54. The van der Waals surface area contributed by atoms with E-state index < -0.39 is 0 Å². The summed E-state index contributed by atoms with van der Waals surface area (Å²) in [4.78, 5) is 0. The molecule has 0 aromatic rings. The summed E-state index contributed by atoms with van der Waals surface area (Å²) >= 11 is 3.49. The Bertz CT molecular complexity index is 91.3. The van der Waals surface area contributed by atoms with Crippen molar-refractivity contribution in [2.75, 3.05) is 19.0 Å². The van der Waals surface area contributed by atoms with Gasteiger partial charge in [0.15, 0.2) is 0 Å². The van der Waals surface area contributed by atoms with Crippen LogP contribution in [0.1, 0.15) is 20.8 Å². The van der Waals surface area contributed by atoms with Gasteiger partial charge in [0.05, 0.1) is 0 Å². The number of halogens is 1. The van der Waals surface area contributed by atoms with Gasteiger partial charge in [-0.2, -0.15) is 0 Å². The zero-order valence-corrected chi connectivity index (χ0v) is 8.86. The first kappa shape index (κ1) is 10.4. The van der Waals surface area contributed by atoms with Crippen LogP contribution in [0.15, 0.2) is 0 Å². The molecule has 1 nitrogen and oxygen atoms in total. The van der Waals surface area contributed by atoms with Crippen LogP contribution in [0.4, 0.5) is 0 Å². The monoisotopic (exact) mass is 208 g/mol. The van der Waals surface area contributed by atoms with Crippen LogP contribution in [0.5, 0.6) is 0 Å². The fraction of sp³-hybridized carbons (Fsp3) is 1.00. The van der Waals surface area contributed by atoms with Crippen molar-refractivity contribution in [1.29, 1.82) is 0 Å². The summed E-state index contributed by atoms with van der Waals surface area (Å²) in [5.74, 6) is 0.608. The van der Waals surface area contributed by atoms with E-state index in [9.17, 15) is 0 Å². The smallest absolute Gasteiger partial charge is 0.0493 e. The topological polar surface area (TPSA) is 9.23 Å². The van der Waals surface area contributed by atoms with E-state index in [2.05, 4.69) is 36.7 Å². The van der Waals surface area contributed by atoms with Crippen LogP contribution in [-0.2, 0) is 4.74 Å². The van der Waals surface area contributed by atoms with E-state index in [1.807, 2.05) is 0 Å². The van der Waals surface area contributed by atoms with Gasteiger partial charge in [-0.1, -0.05) is 36.7 Å². The average molecular weight is 209 g/mol. The van der Waals surface area contributed by atoms with E-state index in [1.54, 1.807) is 7.11 Å². The molecule has 0 saturated carbocycles. The molecule has 0 heterocycles. The maximum Gasteiger partial charge on any atom is 0.0493 e. The van der Waals surface area contributed by atoms with Gasteiger partial charge in [0, 0.05) is 19.0 Å². The van der Waals surface area contributed by atoms with Gasteiger partial charge in [-0.3, -0.25) is 0 Å². The van der Waals surface area contributed by atoms with Crippen molar-refractivity contribution in [2.24, 2.45) is 11.3 Å². The number of rotatable bonds is 4. The lowest BCUT2D eigenvalue weighted by atomic mass is 9.83. The van der Waals surface area contributed by atoms with Crippen LogP contribution in [-0.4, -0.2) is 19.0 Å². The van der Waals surface area contributed by atoms with Gasteiger partial charge in [0.25, 0.3) is 0 Å². The van der Waals surface area contributed by atoms with Crippen LogP contribution >= 0.6 is 15.9 Å². The molecule has 1 unspecified atom stereocenters. The molecule has 62 valence electrons. The van der Waals surface area contributed by atoms with Crippen LogP contribution in [0.2, 0.25) is 0 Å². The third kappa shape index (κ3) is 3.02. The summed E-state index contributed by atoms with van der Waals surface area (Å²) < 4.78 is 5.07. The molecular formula is C8H17BrO. The summed E-state index contributed by atoms with van der Waals surface area (Å²) in [6.07, 6.45) is 0. The van der Waals surface area contributed by atoms with Crippen LogP contribution in [0.25, 0.3) is 0 Å². The summed E-state index contributed by atoms with van der Waals surface area (Å²) in [5, 5.41) is 1.03. The van der Waals surface area contributed by atoms with Crippen molar-refractivity contribution in [3.05, 3.63) is 0 Å². The van der Waals surface area contributed by atoms with E-state index in [1.165, 1.54) is 0 Å². The van der Waals surface area contributed by atoms with E-state index in [-0.39, 0.29) is 0 Å². The van der Waals surface area contributed by atoms with Crippen molar-refractivity contribution in [2.45, 2.75) is 20.8 Å². The highest BCUT2D eigenvalue weighted by atomic mass is 79.9. The van der Waals surface area contributed by atoms with Gasteiger partial charge < -0.3 is 4.74 Å². The Balaban J connectivity index is 3.78. The lowest BCUT2D eigenvalue weighted by Crippen LogP contribution is -2.26. The molecule has 0 bridgehead atoms. The predicted octanol–water partition coefficient (Wildman–Crippen LogP) is 2.69. The van der Waals surface area contributed by atoms with Gasteiger partial charge in [-0.05, 0) is 11.3 Å². The molecule has 0 aliphatic rings. The molecule has 0 fully saturated rings. The van der Waals surface area contributed by atoms with E-state index in [0.717, 1.165) is 11.9 Å². The molecule has 0 amide bonds. The van der Waals surface area contributed by atoms with Gasteiger partial charge in [-0.15, -0.1) is 0 Å². The summed E-state index contributed by atoms with van der Waals surface area (Å²) in [6.45, 7) is 7.54. The van der Waals surface area contributed by atoms with Crippen molar-refractivity contribution in [3.63, 3.8) is 0 Å². The molecule has 10 heavy (non-hydrogen) atoms. The lowest BCUT2D eigenvalue weighted by molar-refractivity contribution is 0.104. The van der Waals surface area contributed by atoms with Crippen LogP contribution < -0.4 is 0 Å². The van der Waals surface area contributed by atoms with E-state index in [0.29, 0.717) is 11.3 Å². The molecule has 1 atom stereocenters. The molecule has 0 rings (SSSR count). The Morgan fingerprint density at radius 3 is 2.30 bits per heavy atom. The molecule has 0 aliphatic heterocycles. The maximum absolute atomic E-state index is 5.07. The summed E-state index contributed by atoms with van der Waals surface area (Å²) in [5.41, 5.74) is 0.343. The SMILES string of the molecule is COCC(C)C(C)(C)CBr. The first-order valence-electron chi connectivity index (χ1n) is 3.59.